The summed E-state index contributed by atoms with van der Waals surface area (Å²) in [6.45, 7) is 2.00. The molecule has 2 atom stereocenters. The van der Waals surface area contributed by atoms with E-state index in [0.29, 0.717) is 44.6 Å². The summed E-state index contributed by atoms with van der Waals surface area (Å²) < 4.78 is 0. The molecular formula is C40H46N4O3. The SMILES string of the molecule is NCCCCC(NC[C@@H]1Cc2ccccc2CN1C(=O)CCC(=O)c1ccccc1)C(=O)NCC(c1ccccc1)c1ccccc1. The summed E-state index contributed by atoms with van der Waals surface area (Å²) in [5.74, 6) is -0.116. The van der Waals surface area contributed by atoms with Crippen LogP contribution in [0.4, 0.5) is 0 Å². The third-order valence-electron chi connectivity index (χ3n) is 9.09. The lowest BCUT2D eigenvalue weighted by Gasteiger charge is -2.38. The highest BCUT2D eigenvalue weighted by Crippen LogP contribution is 2.26. The number of unbranched alkanes of at least 4 members (excludes halogenated alkanes) is 1. The summed E-state index contributed by atoms with van der Waals surface area (Å²) in [7, 11) is 0. The Morgan fingerprint density at radius 2 is 1.34 bits per heavy atom. The number of hydrogen-bond acceptors (Lipinski definition) is 5. The van der Waals surface area contributed by atoms with Gasteiger partial charge in [0, 0.05) is 50.0 Å². The largest absolute Gasteiger partial charge is 0.354 e. The lowest BCUT2D eigenvalue weighted by molar-refractivity contribution is -0.134. The second-order valence-electron chi connectivity index (χ2n) is 12.3. The summed E-state index contributed by atoms with van der Waals surface area (Å²) in [4.78, 5) is 42.1. The van der Waals surface area contributed by atoms with Gasteiger partial charge in [-0.05, 0) is 48.1 Å². The number of nitrogens with zero attached hydrogens (tertiary/aromatic N) is 1. The van der Waals surface area contributed by atoms with Gasteiger partial charge in [0.15, 0.2) is 5.78 Å². The van der Waals surface area contributed by atoms with Crippen molar-refractivity contribution < 1.29 is 14.4 Å². The number of amides is 2. The Labute approximate surface area is 278 Å². The van der Waals surface area contributed by atoms with Crippen molar-refractivity contribution in [2.24, 2.45) is 5.73 Å². The zero-order valence-corrected chi connectivity index (χ0v) is 27.0. The molecule has 0 spiro atoms. The zero-order valence-electron chi connectivity index (χ0n) is 27.0. The Hall–Kier alpha value is -4.59. The first kappa shape index (κ1) is 33.8. The highest BCUT2D eigenvalue weighted by Gasteiger charge is 2.31. The molecule has 7 nitrogen and oxygen atoms in total. The van der Waals surface area contributed by atoms with E-state index in [1.807, 2.05) is 71.6 Å². The van der Waals surface area contributed by atoms with Crippen LogP contribution in [0.25, 0.3) is 0 Å². The van der Waals surface area contributed by atoms with Crippen molar-refractivity contribution in [3.8, 4) is 0 Å². The average molecular weight is 631 g/mol. The van der Waals surface area contributed by atoms with E-state index in [-0.39, 0.29) is 42.4 Å². The standard InChI is InChI=1S/C40H46N4O3/c41-25-13-12-22-37(40(47)43-28-36(30-14-4-1-5-15-30)31-16-6-2-7-17-31)42-27-35-26-33-20-10-11-21-34(33)29-44(35)39(46)24-23-38(45)32-18-8-3-9-19-32/h1-11,14-21,35-37,42H,12-13,22-29,41H2,(H,43,47)/t35-,37?/m0/s1. The van der Waals surface area contributed by atoms with Gasteiger partial charge >= 0.3 is 0 Å². The molecule has 7 heteroatoms. The number of nitrogens with one attached hydrogen (secondary N) is 2. The molecule has 1 unspecified atom stereocenters. The Morgan fingerprint density at radius 3 is 1.98 bits per heavy atom. The van der Waals surface area contributed by atoms with Crippen LogP contribution >= 0.6 is 0 Å². The number of fused-ring (bicyclic) bond motifs is 1. The molecule has 1 aliphatic heterocycles. The van der Waals surface area contributed by atoms with Crippen molar-refractivity contribution in [2.75, 3.05) is 19.6 Å². The predicted octanol–water partition coefficient (Wildman–Crippen LogP) is 5.64. The second-order valence-corrected chi connectivity index (χ2v) is 12.3. The van der Waals surface area contributed by atoms with Crippen LogP contribution < -0.4 is 16.4 Å². The van der Waals surface area contributed by atoms with Crippen molar-refractivity contribution >= 4 is 17.6 Å². The number of carbonyl (C=O) groups excluding carboxylic acids is 3. The number of benzene rings is 4. The Morgan fingerprint density at radius 1 is 0.745 bits per heavy atom. The fraction of sp³-hybridized carbons (Fsp3) is 0.325. The van der Waals surface area contributed by atoms with Gasteiger partial charge in [0.2, 0.25) is 11.8 Å². The summed E-state index contributed by atoms with van der Waals surface area (Å²) in [5, 5.41) is 6.79. The maximum atomic E-state index is 13.8. The Bertz CT molecular complexity index is 1540. The highest BCUT2D eigenvalue weighted by molar-refractivity contribution is 5.98. The normalized spacial score (nSPS) is 14.8. The topological polar surface area (TPSA) is 105 Å². The Kier molecular flexibility index (Phi) is 12.5. The van der Waals surface area contributed by atoms with E-state index in [2.05, 4.69) is 47.0 Å². The molecule has 0 aromatic heterocycles. The quantitative estimate of drug-likeness (QED) is 0.110. The number of ketones is 1. The van der Waals surface area contributed by atoms with E-state index in [1.165, 1.54) is 5.56 Å². The molecule has 0 bridgehead atoms. The molecule has 4 aromatic carbocycles. The van der Waals surface area contributed by atoms with Crippen molar-refractivity contribution in [3.05, 3.63) is 143 Å². The summed E-state index contributed by atoms with van der Waals surface area (Å²) in [5.41, 5.74) is 11.0. The van der Waals surface area contributed by atoms with Crippen LogP contribution in [0.2, 0.25) is 0 Å². The lowest BCUT2D eigenvalue weighted by atomic mass is 9.91. The number of nitrogens with two attached hydrogens (primary N) is 1. The van der Waals surface area contributed by atoms with Crippen LogP contribution in [-0.4, -0.2) is 54.2 Å². The van der Waals surface area contributed by atoms with E-state index < -0.39 is 6.04 Å². The van der Waals surface area contributed by atoms with Crippen LogP contribution in [0.5, 0.6) is 0 Å². The number of carbonyl (C=O) groups is 3. The Balaban J connectivity index is 1.27. The first-order valence-corrected chi connectivity index (χ1v) is 16.8. The minimum atomic E-state index is -0.428. The van der Waals surface area contributed by atoms with Crippen LogP contribution in [0.3, 0.4) is 0 Å². The molecule has 1 aliphatic rings. The van der Waals surface area contributed by atoms with Gasteiger partial charge in [-0.1, -0.05) is 122 Å². The number of hydrogen-bond donors (Lipinski definition) is 3. The molecule has 0 saturated heterocycles. The molecule has 4 N–H and O–H groups in total. The molecule has 0 radical (unpaired) electrons. The maximum Gasteiger partial charge on any atom is 0.237 e. The van der Waals surface area contributed by atoms with Crippen LogP contribution in [0.1, 0.15) is 70.6 Å². The molecule has 0 fully saturated rings. The summed E-state index contributed by atoms with van der Waals surface area (Å²) >= 11 is 0. The summed E-state index contributed by atoms with van der Waals surface area (Å²) in [6, 6.07) is 37.2. The monoisotopic (exact) mass is 630 g/mol. The van der Waals surface area contributed by atoms with E-state index in [1.54, 1.807) is 12.1 Å². The molecule has 0 saturated carbocycles. The van der Waals surface area contributed by atoms with E-state index in [9.17, 15) is 14.4 Å². The van der Waals surface area contributed by atoms with Gasteiger partial charge in [-0.2, -0.15) is 0 Å². The third kappa shape index (κ3) is 9.47. The summed E-state index contributed by atoms with van der Waals surface area (Å²) in [6.07, 6.45) is 3.29. The van der Waals surface area contributed by atoms with Gasteiger partial charge in [0.25, 0.3) is 0 Å². The average Bonchev–Trinajstić information content (AvgIpc) is 3.12. The van der Waals surface area contributed by atoms with Gasteiger partial charge in [0.1, 0.15) is 0 Å². The van der Waals surface area contributed by atoms with Crippen molar-refractivity contribution in [1.29, 1.82) is 0 Å². The fourth-order valence-corrected chi connectivity index (χ4v) is 6.42. The highest BCUT2D eigenvalue weighted by atomic mass is 16.2. The van der Waals surface area contributed by atoms with Crippen molar-refractivity contribution in [2.45, 2.75) is 63.1 Å². The minimum absolute atomic E-state index is 0.0209. The molecule has 244 valence electrons. The van der Waals surface area contributed by atoms with Gasteiger partial charge in [0.05, 0.1) is 6.04 Å². The molecule has 4 aromatic rings. The third-order valence-corrected chi connectivity index (χ3v) is 9.09. The zero-order chi connectivity index (χ0) is 32.8. The molecule has 0 aliphatic carbocycles. The van der Waals surface area contributed by atoms with Gasteiger partial charge in [-0.3, -0.25) is 14.4 Å². The molecule has 47 heavy (non-hydrogen) atoms. The first-order valence-electron chi connectivity index (χ1n) is 16.8. The van der Waals surface area contributed by atoms with E-state index in [0.717, 1.165) is 29.5 Å². The minimum Gasteiger partial charge on any atom is -0.354 e. The van der Waals surface area contributed by atoms with Gasteiger partial charge in [-0.25, -0.2) is 0 Å². The van der Waals surface area contributed by atoms with Crippen LogP contribution in [0.15, 0.2) is 115 Å². The van der Waals surface area contributed by atoms with Crippen LogP contribution in [-0.2, 0) is 22.6 Å². The second kappa shape index (κ2) is 17.4. The lowest BCUT2D eigenvalue weighted by Crippen LogP contribution is -2.53. The van der Waals surface area contributed by atoms with E-state index >= 15 is 0 Å². The van der Waals surface area contributed by atoms with Crippen molar-refractivity contribution in [3.63, 3.8) is 0 Å². The van der Waals surface area contributed by atoms with Gasteiger partial charge in [-0.15, -0.1) is 0 Å². The fourth-order valence-electron chi connectivity index (χ4n) is 6.42. The molecule has 5 rings (SSSR count). The molecule has 2 amide bonds. The predicted molar refractivity (Wildman–Crippen MR) is 187 cm³/mol. The number of Topliss-reactive ketones (excluding diaryl/α,β-unsaturated/α-hetero) is 1. The first-order chi connectivity index (χ1) is 23.0. The maximum absolute atomic E-state index is 13.8. The van der Waals surface area contributed by atoms with Gasteiger partial charge < -0.3 is 21.3 Å². The van der Waals surface area contributed by atoms with E-state index in [4.69, 9.17) is 5.73 Å². The molecular weight excluding hydrogens is 584 g/mol. The van der Waals surface area contributed by atoms with Crippen LogP contribution in [0, 0.1) is 0 Å². The molecule has 1 heterocycles. The van der Waals surface area contributed by atoms with Crippen molar-refractivity contribution in [1.82, 2.24) is 15.5 Å². The number of rotatable bonds is 16. The smallest absolute Gasteiger partial charge is 0.237 e.